The number of carbonyl (C=O) groups excluding carboxylic acids is 1. The molecule has 1 aromatic heterocycles. The van der Waals surface area contributed by atoms with Crippen LogP contribution >= 0.6 is 0 Å². The summed E-state index contributed by atoms with van der Waals surface area (Å²) in [7, 11) is 0. The summed E-state index contributed by atoms with van der Waals surface area (Å²) < 4.78 is 10.9. The van der Waals surface area contributed by atoms with Gasteiger partial charge in [0.05, 0.1) is 12.9 Å². The molecule has 2 saturated heterocycles. The van der Waals surface area contributed by atoms with Gasteiger partial charge in [-0.25, -0.2) is 0 Å². The zero-order chi connectivity index (χ0) is 19.8. The van der Waals surface area contributed by atoms with Crippen LogP contribution in [0.15, 0.2) is 27.8 Å². The van der Waals surface area contributed by atoms with E-state index in [1.54, 1.807) is 6.26 Å². The van der Waals surface area contributed by atoms with Gasteiger partial charge in [0.1, 0.15) is 5.76 Å². The first-order valence-electron chi connectivity index (χ1n) is 10.6. The van der Waals surface area contributed by atoms with Crippen LogP contribution in [0.25, 0.3) is 0 Å². The monoisotopic (exact) mass is 390 g/mol. The SMILES string of the molecule is CC(C)C(=O)N1CCC(NC(=NCC2CCOC2)NCCc2ccco2)CC1. The van der Waals surface area contributed by atoms with Crippen LogP contribution in [-0.2, 0) is 16.0 Å². The Labute approximate surface area is 167 Å². The molecule has 0 bridgehead atoms. The molecule has 3 heterocycles. The molecule has 7 nitrogen and oxygen atoms in total. The second kappa shape index (κ2) is 10.5. The van der Waals surface area contributed by atoms with Gasteiger partial charge in [0, 0.05) is 57.1 Å². The van der Waals surface area contributed by atoms with Gasteiger partial charge in [-0.2, -0.15) is 0 Å². The summed E-state index contributed by atoms with van der Waals surface area (Å²) in [6, 6.07) is 4.24. The van der Waals surface area contributed by atoms with Gasteiger partial charge in [-0.1, -0.05) is 13.8 Å². The zero-order valence-corrected chi connectivity index (χ0v) is 17.2. The van der Waals surface area contributed by atoms with Gasteiger partial charge < -0.3 is 24.7 Å². The van der Waals surface area contributed by atoms with E-state index in [0.717, 1.165) is 76.8 Å². The van der Waals surface area contributed by atoms with Gasteiger partial charge in [0.15, 0.2) is 5.96 Å². The van der Waals surface area contributed by atoms with Gasteiger partial charge in [-0.05, 0) is 31.4 Å². The van der Waals surface area contributed by atoms with Crippen molar-refractivity contribution in [3.8, 4) is 0 Å². The first-order chi connectivity index (χ1) is 13.6. The van der Waals surface area contributed by atoms with Crippen molar-refractivity contribution in [2.24, 2.45) is 16.8 Å². The van der Waals surface area contributed by atoms with Crippen LogP contribution in [0, 0.1) is 11.8 Å². The number of nitrogens with one attached hydrogen (secondary N) is 2. The van der Waals surface area contributed by atoms with Crippen LogP contribution < -0.4 is 10.6 Å². The molecule has 156 valence electrons. The number of piperidine rings is 1. The topological polar surface area (TPSA) is 79.1 Å². The fourth-order valence-corrected chi connectivity index (χ4v) is 3.66. The Morgan fingerprint density at radius 3 is 2.79 bits per heavy atom. The van der Waals surface area contributed by atoms with Crippen molar-refractivity contribution in [2.45, 2.75) is 45.6 Å². The number of likely N-dealkylation sites (tertiary alicyclic amines) is 1. The Hall–Kier alpha value is -2.02. The smallest absolute Gasteiger partial charge is 0.225 e. The maximum atomic E-state index is 12.2. The Kier molecular flexibility index (Phi) is 7.77. The van der Waals surface area contributed by atoms with E-state index < -0.39 is 0 Å². The molecule has 3 rings (SSSR count). The zero-order valence-electron chi connectivity index (χ0n) is 17.2. The number of furan rings is 1. The second-order valence-corrected chi connectivity index (χ2v) is 8.07. The molecule has 2 aliphatic rings. The number of hydrogen-bond donors (Lipinski definition) is 2. The summed E-state index contributed by atoms with van der Waals surface area (Å²) in [5.74, 6) is 2.65. The largest absolute Gasteiger partial charge is 0.469 e. The van der Waals surface area contributed by atoms with Crippen molar-refractivity contribution in [3.05, 3.63) is 24.2 Å². The highest BCUT2D eigenvalue weighted by molar-refractivity contribution is 5.80. The number of hydrogen-bond acceptors (Lipinski definition) is 4. The van der Waals surface area contributed by atoms with E-state index in [9.17, 15) is 4.79 Å². The molecule has 0 aliphatic carbocycles. The predicted molar refractivity (Wildman–Crippen MR) is 109 cm³/mol. The van der Waals surface area contributed by atoms with Gasteiger partial charge in [0.25, 0.3) is 0 Å². The Balaban J connectivity index is 1.49. The standard InChI is InChI=1S/C21H34N4O3/c1-16(2)20(26)25-10-6-18(7-11-25)24-21(23-14-17-8-13-27-15-17)22-9-5-19-4-3-12-28-19/h3-4,12,16-18H,5-11,13-15H2,1-2H3,(H2,22,23,24). The minimum Gasteiger partial charge on any atom is -0.469 e. The lowest BCUT2D eigenvalue weighted by atomic mass is 10.0. The van der Waals surface area contributed by atoms with E-state index >= 15 is 0 Å². The van der Waals surface area contributed by atoms with E-state index in [-0.39, 0.29) is 11.8 Å². The van der Waals surface area contributed by atoms with Crippen molar-refractivity contribution >= 4 is 11.9 Å². The number of aliphatic imine (C=N–C) groups is 1. The highest BCUT2D eigenvalue weighted by Gasteiger charge is 2.25. The van der Waals surface area contributed by atoms with Crippen LogP contribution in [0.2, 0.25) is 0 Å². The first kappa shape index (κ1) is 20.7. The quantitative estimate of drug-likeness (QED) is 0.550. The maximum absolute atomic E-state index is 12.2. The molecule has 1 atom stereocenters. The number of amides is 1. The van der Waals surface area contributed by atoms with Crippen LogP contribution in [0.5, 0.6) is 0 Å². The summed E-state index contributed by atoms with van der Waals surface area (Å²) >= 11 is 0. The summed E-state index contributed by atoms with van der Waals surface area (Å²) in [4.78, 5) is 19.0. The van der Waals surface area contributed by atoms with E-state index in [4.69, 9.17) is 14.1 Å². The van der Waals surface area contributed by atoms with E-state index in [1.807, 2.05) is 30.9 Å². The summed E-state index contributed by atoms with van der Waals surface area (Å²) in [5, 5.41) is 7.02. The van der Waals surface area contributed by atoms with E-state index in [2.05, 4.69) is 10.6 Å². The van der Waals surface area contributed by atoms with Crippen LogP contribution in [-0.4, -0.2) is 62.2 Å². The number of nitrogens with zero attached hydrogens (tertiary/aromatic N) is 2. The minimum absolute atomic E-state index is 0.0681. The van der Waals surface area contributed by atoms with Gasteiger partial charge >= 0.3 is 0 Å². The van der Waals surface area contributed by atoms with Gasteiger partial charge in [-0.3, -0.25) is 9.79 Å². The lowest BCUT2D eigenvalue weighted by Gasteiger charge is -2.34. The summed E-state index contributed by atoms with van der Waals surface area (Å²) in [5.41, 5.74) is 0. The number of guanidine groups is 1. The van der Waals surface area contributed by atoms with Crippen LogP contribution in [0.3, 0.4) is 0 Å². The molecule has 28 heavy (non-hydrogen) atoms. The third-order valence-electron chi connectivity index (χ3n) is 5.42. The van der Waals surface area contributed by atoms with Crippen LogP contribution in [0.1, 0.15) is 38.9 Å². The van der Waals surface area contributed by atoms with Crippen LogP contribution in [0.4, 0.5) is 0 Å². The minimum atomic E-state index is 0.0681. The average Bonchev–Trinajstić information content (AvgIpc) is 3.40. The molecular weight excluding hydrogens is 356 g/mol. The number of ether oxygens (including phenoxy) is 1. The molecule has 1 amide bonds. The molecule has 0 saturated carbocycles. The Morgan fingerprint density at radius 2 is 2.14 bits per heavy atom. The number of carbonyl (C=O) groups is 1. The number of rotatable bonds is 7. The van der Waals surface area contributed by atoms with Crippen molar-refractivity contribution in [3.63, 3.8) is 0 Å². The van der Waals surface area contributed by atoms with Gasteiger partial charge in [-0.15, -0.1) is 0 Å². The fourth-order valence-electron chi connectivity index (χ4n) is 3.66. The molecule has 1 aromatic rings. The van der Waals surface area contributed by atoms with E-state index in [1.165, 1.54) is 0 Å². The molecule has 0 spiro atoms. The van der Waals surface area contributed by atoms with Gasteiger partial charge in [0.2, 0.25) is 5.91 Å². The molecular formula is C21H34N4O3. The third-order valence-corrected chi connectivity index (χ3v) is 5.42. The molecule has 2 fully saturated rings. The molecule has 7 heteroatoms. The lowest BCUT2D eigenvalue weighted by Crippen LogP contribution is -2.50. The second-order valence-electron chi connectivity index (χ2n) is 8.07. The molecule has 1 unspecified atom stereocenters. The van der Waals surface area contributed by atoms with Crippen molar-refractivity contribution in [1.29, 1.82) is 0 Å². The average molecular weight is 391 g/mol. The first-order valence-corrected chi connectivity index (χ1v) is 10.6. The van der Waals surface area contributed by atoms with E-state index in [0.29, 0.717) is 12.0 Å². The Morgan fingerprint density at radius 1 is 1.32 bits per heavy atom. The van der Waals surface area contributed by atoms with Crippen molar-refractivity contribution in [2.75, 3.05) is 39.4 Å². The fraction of sp³-hybridized carbons (Fsp3) is 0.714. The van der Waals surface area contributed by atoms with Crippen molar-refractivity contribution < 1.29 is 13.9 Å². The van der Waals surface area contributed by atoms with Crippen molar-refractivity contribution in [1.82, 2.24) is 15.5 Å². The molecule has 0 radical (unpaired) electrons. The summed E-state index contributed by atoms with van der Waals surface area (Å²) in [6.45, 7) is 8.75. The molecule has 2 N–H and O–H groups in total. The summed E-state index contributed by atoms with van der Waals surface area (Å²) in [6.07, 6.45) is 5.50. The normalized spacial score (nSPS) is 21.3. The predicted octanol–water partition coefficient (Wildman–Crippen LogP) is 2.04. The Bertz CT molecular complexity index is 616. The third kappa shape index (κ3) is 6.26. The molecule has 0 aromatic carbocycles. The highest BCUT2D eigenvalue weighted by atomic mass is 16.5. The highest BCUT2D eigenvalue weighted by Crippen LogP contribution is 2.14. The lowest BCUT2D eigenvalue weighted by molar-refractivity contribution is -0.135. The molecule has 2 aliphatic heterocycles. The maximum Gasteiger partial charge on any atom is 0.225 e.